The van der Waals surface area contributed by atoms with Crippen LogP contribution in [0.5, 0.6) is 0 Å². The van der Waals surface area contributed by atoms with Crippen LogP contribution in [0.15, 0.2) is 12.2 Å². The van der Waals surface area contributed by atoms with E-state index in [1.807, 2.05) is 0 Å². The van der Waals surface area contributed by atoms with Crippen molar-refractivity contribution >= 4 is 12.6 Å². The average molecular weight is 201 g/mol. The molecular formula is C10H19NOS. The molecule has 0 spiro atoms. The van der Waals surface area contributed by atoms with Gasteiger partial charge in [0.25, 0.3) is 0 Å². The molecule has 0 saturated heterocycles. The minimum atomic E-state index is -0.0219. The molecule has 1 fully saturated rings. The third kappa shape index (κ3) is 4.16. The molecule has 1 aliphatic carbocycles. The molecule has 2 nitrogen and oxygen atoms in total. The highest BCUT2D eigenvalue weighted by Crippen LogP contribution is 2.27. The largest absolute Gasteiger partial charge is 0.393 e. The average Bonchev–Trinajstić information content (AvgIpc) is 2.02. The third-order valence-corrected chi connectivity index (χ3v) is 2.68. The molecule has 13 heavy (non-hydrogen) atoms. The predicted octanol–water partition coefficient (Wildman–Crippen LogP) is 1.18. The van der Waals surface area contributed by atoms with E-state index in [1.54, 1.807) is 0 Å². The normalized spacial score (nSPS) is 28.3. The SMILES string of the molecule is CN(CC=CCS)CC1CC(O)C1. The zero-order valence-corrected chi connectivity index (χ0v) is 9.08. The molecule has 3 heteroatoms. The van der Waals surface area contributed by atoms with Crippen LogP contribution in [0, 0.1) is 5.92 Å². The summed E-state index contributed by atoms with van der Waals surface area (Å²) < 4.78 is 0. The van der Waals surface area contributed by atoms with Gasteiger partial charge >= 0.3 is 0 Å². The number of rotatable bonds is 5. The quantitative estimate of drug-likeness (QED) is 0.515. The van der Waals surface area contributed by atoms with Gasteiger partial charge in [0.1, 0.15) is 0 Å². The highest BCUT2D eigenvalue weighted by atomic mass is 32.1. The van der Waals surface area contributed by atoms with Gasteiger partial charge in [0.2, 0.25) is 0 Å². The van der Waals surface area contributed by atoms with Crippen molar-refractivity contribution in [1.82, 2.24) is 4.90 Å². The lowest BCUT2D eigenvalue weighted by Gasteiger charge is -2.34. The lowest BCUT2D eigenvalue weighted by atomic mass is 9.82. The molecule has 0 aromatic rings. The second kappa shape index (κ2) is 5.68. The van der Waals surface area contributed by atoms with Crippen LogP contribution in [0.2, 0.25) is 0 Å². The molecule has 1 aliphatic rings. The van der Waals surface area contributed by atoms with Crippen molar-refractivity contribution in [3.05, 3.63) is 12.2 Å². The summed E-state index contributed by atoms with van der Waals surface area (Å²) in [7, 11) is 2.12. The molecular weight excluding hydrogens is 182 g/mol. The monoisotopic (exact) mass is 201 g/mol. The summed E-state index contributed by atoms with van der Waals surface area (Å²) in [6.45, 7) is 2.10. The van der Waals surface area contributed by atoms with Crippen molar-refractivity contribution in [2.75, 3.05) is 25.9 Å². The molecule has 0 aromatic carbocycles. The summed E-state index contributed by atoms with van der Waals surface area (Å²) in [5, 5.41) is 9.10. The van der Waals surface area contributed by atoms with Crippen LogP contribution in [0.3, 0.4) is 0 Å². The van der Waals surface area contributed by atoms with Crippen molar-refractivity contribution in [3.8, 4) is 0 Å². The van der Waals surface area contributed by atoms with Crippen molar-refractivity contribution in [2.24, 2.45) is 5.92 Å². The fourth-order valence-electron chi connectivity index (χ4n) is 1.69. The van der Waals surface area contributed by atoms with Crippen LogP contribution < -0.4 is 0 Å². The summed E-state index contributed by atoms with van der Waals surface area (Å²) >= 11 is 4.10. The fraction of sp³-hybridized carbons (Fsp3) is 0.800. The molecule has 1 rings (SSSR count). The van der Waals surface area contributed by atoms with Crippen LogP contribution >= 0.6 is 12.6 Å². The molecule has 0 radical (unpaired) electrons. The van der Waals surface area contributed by atoms with Gasteiger partial charge in [-0.2, -0.15) is 12.6 Å². The van der Waals surface area contributed by atoms with Crippen LogP contribution in [-0.4, -0.2) is 42.0 Å². The summed E-state index contributed by atoms with van der Waals surface area (Å²) in [5.41, 5.74) is 0. The Kier molecular flexibility index (Phi) is 4.84. The highest BCUT2D eigenvalue weighted by Gasteiger charge is 2.27. The zero-order chi connectivity index (χ0) is 9.68. The topological polar surface area (TPSA) is 23.5 Å². The smallest absolute Gasteiger partial charge is 0.0546 e. The van der Waals surface area contributed by atoms with Crippen molar-refractivity contribution in [1.29, 1.82) is 0 Å². The third-order valence-electron chi connectivity index (χ3n) is 2.47. The zero-order valence-electron chi connectivity index (χ0n) is 8.19. The number of hydrogen-bond donors (Lipinski definition) is 2. The van der Waals surface area contributed by atoms with Gasteiger partial charge in [0, 0.05) is 18.8 Å². The van der Waals surface area contributed by atoms with E-state index in [2.05, 4.69) is 36.7 Å². The van der Waals surface area contributed by atoms with E-state index < -0.39 is 0 Å². The Morgan fingerprint density at radius 2 is 2.15 bits per heavy atom. The number of nitrogens with zero attached hydrogens (tertiary/aromatic N) is 1. The molecule has 0 aliphatic heterocycles. The Morgan fingerprint density at radius 3 is 2.69 bits per heavy atom. The summed E-state index contributed by atoms with van der Waals surface area (Å²) in [6.07, 6.45) is 6.16. The van der Waals surface area contributed by atoms with E-state index in [1.165, 1.54) is 0 Å². The van der Waals surface area contributed by atoms with Gasteiger partial charge in [-0.1, -0.05) is 12.2 Å². The first-order valence-electron chi connectivity index (χ1n) is 4.85. The first-order chi connectivity index (χ1) is 6.22. The van der Waals surface area contributed by atoms with Crippen molar-refractivity contribution < 1.29 is 5.11 Å². The van der Waals surface area contributed by atoms with Gasteiger partial charge in [-0.25, -0.2) is 0 Å². The van der Waals surface area contributed by atoms with Gasteiger partial charge in [0.15, 0.2) is 0 Å². The Morgan fingerprint density at radius 1 is 1.46 bits per heavy atom. The second-order valence-electron chi connectivity index (χ2n) is 3.87. The fourth-order valence-corrected chi connectivity index (χ4v) is 1.84. The highest BCUT2D eigenvalue weighted by molar-refractivity contribution is 7.80. The van der Waals surface area contributed by atoms with Gasteiger partial charge in [0.05, 0.1) is 6.10 Å². The molecule has 1 N–H and O–H groups in total. The van der Waals surface area contributed by atoms with E-state index in [4.69, 9.17) is 5.11 Å². The van der Waals surface area contributed by atoms with E-state index in [-0.39, 0.29) is 6.10 Å². The molecule has 1 saturated carbocycles. The van der Waals surface area contributed by atoms with Crippen LogP contribution in [0.1, 0.15) is 12.8 Å². The van der Waals surface area contributed by atoms with E-state index >= 15 is 0 Å². The molecule has 0 heterocycles. The number of aliphatic hydroxyl groups excluding tert-OH is 1. The van der Waals surface area contributed by atoms with Crippen LogP contribution in [0.25, 0.3) is 0 Å². The number of thiol groups is 1. The van der Waals surface area contributed by atoms with E-state index in [0.717, 1.165) is 31.7 Å². The van der Waals surface area contributed by atoms with Crippen LogP contribution in [0.4, 0.5) is 0 Å². The number of hydrogen-bond acceptors (Lipinski definition) is 3. The van der Waals surface area contributed by atoms with E-state index in [0.29, 0.717) is 5.92 Å². The van der Waals surface area contributed by atoms with Gasteiger partial charge in [-0.05, 0) is 25.8 Å². The van der Waals surface area contributed by atoms with Gasteiger partial charge in [-0.3, -0.25) is 0 Å². The van der Waals surface area contributed by atoms with Gasteiger partial charge < -0.3 is 10.0 Å². The Bertz CT molecular complexity index is 166. The predicted molar refractivity (Wildman–Crippen MR) is 59.2 cm³/mol. The second-order valence-corrected chi connectivity index (χ2v) is 4.23. The van der Waals surface area contributed by atoms with E-state index in [9.17, 15) is 0 Å². The Balaban J connectivity index is 2.04. The molecule has 76 valence electrons. The minimum Gasteiger partial charge on any atom is -0.393 e. The first kappa shape index (κ1) is 11.1. The van der Waals surface area contributed by atoms with Gasteiger partial charge in [-0.15, -0.1) is 0 Å². The van der Waals surface area contributed by atoms with Crippen molar-refractivity contribution in [3.63, 3.8) is 0 Å². The minimum absolute atomic E-state index is 0.0219. The lowest BCUT2D eigenvalue weighted by molar-refractivity contribution is 0.0298. The first-order valence-corrected chi connectivity index (χ1v) is 5.48. The Labute approximate surface area is 86.0 Å². The lowest BCUT2D eigenvalue weighted by Crippen LogP contribution is -2.37. The molecule has 0 atom stereocenters. The summed E-state index contributed by atoms with van der Waals surface area (Å²) in [6, 6.07) is 0. The van der Waals surface area contributed by atoms with Crippen molar-refractivity contribution in [2.45, 2.75) is 18.9 Å². The van der Waals surface area contributed by atoms with Crippen LogP contribution in [-0.2, 0) is 0 Å². The molecule has 0 amide bonds. The maximum atomic E-state index is 9.10. The number of aliphatic hydroxyl groups is 1. The number of likely N-dealkylation sites (N-methyl/N-ethyl adjacent to an activating group) is 1. The maximum Gasteiger partial charge on any atom is 0.0546 e. The summed E-state index contributed by atoms with van der Waals surface area (Å²) in [5.74, 6) is 1.53. The molecule has 0 aromatic heterocycles. The Hall–Kier alpha value is 0.01000. The molecule has 0 unspecified atom stereocenters. The standard InChI is InChI=1S/C10H19NOS/c1-11(4-2-3-5-13)8-9-6-10(12)7-9/h2-3,9-10,12-13H,4-8H2,1H3. The summed E-state index contributed by atoms with van der Waals surface area (Å²) in [4.78, 5) is 2.29. The molecule has 0 bridgehead atoms. The maximum absolute atomic E-state index is 9.10.